The van der Waals surface area contributed by atoms with Crippen molar-refractivity contribution < 1.29 is 9.53 Å². The van der Waals surface area contributed by atoms with E-state index in [1.54, 1.807) is 19.4 Å². The molecule has 0 aliphatic rings. The predicted molar refractivity (Wildman–Crippen MR) is 117 cm³/mol. The minimum atomic E-state index is 0.0168. The molecule has 3 rings (SSSR count). The number of ether oxygens (including phenoxy) is 1. The van der Waals surface area contributed by atoms with E-state index in [1.165, 1.54) is 6.33 Å². The number of benzene rings is 1. The summed E-state index contributed by atoms with van der Waals surface area (Å²) >= 11 is 0. The van der Waals surface area contributed by atoms with Gasteiger partial charge in [-0.2, -0.15) is 0 Å². The van der Waals surface area contributed by atoms with E-state index in [0.29, 0.717) is 37.6 Å². The van der Waals surface area contributed by atoms with Gasteiger partial charge < -0.3 is 20.7 Å². The molecular formula is C22H26N6O2. The summed E-state index contributed by atoms with van der Waals surface area (Å²) in [5.74, 6) is 2.88. The minimum Gasteiger partial charge on any atom is -0.497 e. The van der Waals surface area contributed by atoms with E-state index >= 15 is 0 Å². The average molecular weight is 406 g/mol. The predicted octanol–water partition coefficient (Wildman–Crippen LogP) is 3.09. The van der Waals surface area contributed by atoms with Gasteiger partial charge in [-0.15, -0.1) is 0 Å². The van der Waals surface area contributed by atoms with E-state index in [2.05, 4.69) is 30.9 Å². The maximum Gasteiger partial charge on any atom is 0.220 e. The van der Waals surface area contributed by atoms with Crippen LogP contribution < -0.4 is 20.7 Å². The lowest BCUT2D eigenvalue weighted by Gasteiger charge is -2.09. The monoisotopic (exact) mass is 406 g/mol. The highest BCUT2D eigenvalue weighted by atomic mass is 16.5. The molecule has 8 nitrogen and oxygen atoms in total. The van der Waals surface area contributed by atoms with Gasteiger partial charge in [-0.1, -0.05) is 12.1 Å². The first-order valence-corrected chi connectivity index (χ1v) is 9.77. The number of aromatic nitrogens is 3. The zero-order valence-corrected chi connectivity index (χ0v) is 17.2. The molecule has 0 saturated carbocycles. The molecule has 0 radical (unpaired) electrons. The summed E-state index contributed by atoms with van der Waals surface area (Å²) in [6.07, 6.45) is 4.36. The molecule has 0 spiro atoms. The number of aryl methyl sites for hydroxylation is 2. The summed E-state index contributed by atoms with van der Waals surface area (Å²) in [4.78, 5) is 24.7. The Bertz CT molecular complexity index is 962. The van der Waals surface area contributed by atoms with E-state index in [1.807, 2.05) is 43.3 Å². The third-order valence-electron chi connectivity index (χ3n) is 4.39. The number of hydrogen-bond donors (Lipinski definition) is 3. The van der Waals surface area contributed by atoms with Crippen LogP contribution >= 0.6 is 0 Å². The molecule has 0 bridgehead atoms. The fraction of sp³-hybridized carbons (Fsp3) is 0.273. The second-order valence-electron chi connectivity index (χ2n) is 6.76. The van der Waals surface area contributed by atoms with Crippen molar-refractivity contribution in [1.82, 2.24) is 20.3 Å². The SMILES string of the molecule is COc1ccc(CCC(=O)NCCNc2cc(Nc3cc(C)ccn3)ncn2)cc1. The first-order chi connectivity index (χ1) is 14.6. The number of methoxy groups -OCH3 is 1. The molecule has 2 aromatic heterocycles. The number of rotatable bonds is 10. The molecule has 156 valence electrons. The number of carbonyl (C=O) groups excluding carboxylic acids is 1. The summed E-state index contributed by atoms with van der Waals surface area (Å²) in [6.45, 7) is 3.08. The highest BCUT2D eigenvalue weighted by Gasteiger charge is 2.04. The molecule has 8 heteroatoms. The zero-order valence-electron chi connectivity index (χ0n) is 17.2. The summed E-state index contributed by atoms with van der Waals surface area (Å²) < 4.78 is 5.14. The highest BCUT2D eigenvalue weighted by Crippen LogP contribution is 2.15. The number of pyridine rings is 1. The molecule has 0 atom stereocenters. The number of amides is 1. The van der Waals surface area contributed by atoms with Gasteiger partial charge in [0.2, 0.25) is 5.91 Å². The van der Waals surface area contributed by atoms with E-state index in [-0.39, 0.29) is 5.91 Å². The van der Waals surface area contributed by atoms with Gasteiger partial charge in [0.25, 0.3) is 0 Å². The molecule has 2 heterocycles. The van der Waals surface area contributed by atoms with Crippen LogP contribution in [-0.2, 0) is 11.2 Å². The lowest BCUT2D eigenvalue weighted by atomic mass is 10.1. The molecule has 0 saturated heterocycles. The van der Waals surface area contributed by atoms with Crippen molar-refractivity contribution in [3.63, 3.8) is 0 Å². The molecule has 1 amide bonds. The van der Waals surface area contributed by atoms with Crippen LogP contribution in [0, 0.1) is 6.92 Å². The number of hydrogen-bond acceptors (Lipinski definition) is 7. The smallest absolute Gasteiger partial charge is 0.220 e. The van der Waals surface area contributed by atoms with Crippen molar-refractivity contribution in [2.24, 2.45) is 0 Å². The van der Waals surface area contributed by atoms with Crippen molar-refractivity contribution in [2.75, 3.05) is 30.8 Å². The van der Waals surface area contributed by atoms with Gasteiger partial charge in [0.05, 0.1) is 7.11 Å². The third-order valence-corrected chi connectivity index (χ3v) is 4.39. The number of nitrogens with zero attached hydrogens (tertiary/aromatic N) is 3. The Labute approximate surface area is 176 Å². The van der Waals surface area contributed by atoms with Crippen molar-refractivity contribution >= 4 is 23.4 Å². The lowest BCUT2D eigenvalue weighted by Crippen LogP contribution is -2.29. The number of carbonyl (C=O) groups is 1. The maximum atomic E-state index is 12.0. The van der Waals surface area contributed by atoms with Crippen molar-refractivity contribution in [1.29, 1.82) is 0 Å². The summed E-state index contributed by atoms with van der Waals surface area (Å²) in [5.41, 5.74) is 2.22. The molecule has 3 aromatic rings. The van der Waals surface area contributed by atoms with E-state index in [0.717, 1.165) is 22.7 Å². The number of nitrogens with one attached hydrogen (secondary N) is 3. The Kier molecular flexibility index (Phi) is 7.54. The Hall–Kier alpha value is -3.68. The molecule has 30 heavy (non-hydrogen) atoms. The largest absolute Gasteiger partial charge is 0.497 e. The average Bonchev–Trinajstić information content (AvgIpc) is 2.76. The number of anilines is 3. The first-order valence-electron chi connectivity index (χ1n) is 9.77. The van der Waals surface area contributed by atoms with Gasteiger partial charge in [0, 0.05) is 31.8 Å². The lowest BCUT2D eigenvalue weighted by molar-refractivity contribution is -0.120. The molecule has 0 aliphatic carbocycles. The maximum absolute atomic E-state index is 12.0. The molecule has 3 N–H and O–H groups in total. The van der Waals surface area contributed by atoms with E-state index in [9.17, 15) is 4.79 Å². The third kappa shape index (κ3) is 6.73. The van der Waals surface area contributed by atoms with Crippen LogP contribution in [-0.4, -0.2) is 41.1 Å². The van der Waals surface area contributed by atoms with Crippen LogP contribution in [0.4, 0.5) is 17.5 Å². The quantitative estimate of drug-likeness (QED) is 0.445. The van der Waals surface area contributed by atoms with E-state index < -0.39 is 0 Å². The fourth-order valence-corrected chi connectivity index (χ4v) is 2.79. The van der Waals surface area contributed by atoms with Crippen LogP contribution in [0.15, 0.2) is 55.0 Å². The molecule has 0 unspecified atom stereocenters. The second-order valence-corrected chi connectivity index (χ2v) is 6.76. The highest BCUT2D eigenvalue weighted by molar-refractivity contribution is 5.76. The molecule has 0 fully saturated rings. The topological polar surface area (TPSA) is 101 Å². The van der Waals surface area contributed by atoms with Gasteiger partial charge in [0.15, 0.2) is 0 Å². The zero-order chi connectivity index (χ0) is 21.2. The summed E-state index contributed by atoms with van der Waals surface area (Å²) in [5, 5.41) is 9.25. The Morgan fingerprint density at radius 1 is 0.967 bits per heavy atom. The van der Waals surface area contributed by atoms with Gasteiger partial charge in [-0.3, -0.25) is 4.79 Å². The molecule has 0 aliphatic heterocycles. The summed E-state index contributed by atoms with van der Waals surface area (Å²) in [6, 6.07) is 13.4. The fourth-order valence-electron chi connectivity index (χ4n) is 2.79. The van der Waals surface area contributed by atoms with Gasteiger partial charge >= 0.3 is 0 Å². The van der Waals surface area contributed by atoms with Gasteiger partial charge in [-0.25, -0.2) is 15.0 Å². The van der Waals surface area contributed by atoms with Crippen LogP contribution in [0.3, 0.4) is 0 Å². The van der Waals surface area contributed by atoms with Gasteiger partial charge in [0.1, 0.15) is 29.5 Å². The first kappa shape index (κ1) is 21.0. The van der Waals surface area contributed by atoms with Crippen LogP contribution in [0.2, 0.25) is 0 Å². The van der Waals surface area contributed by atoms with E-state index in [4.69, 9.17) is 4.74 Å². The van der Waals surface area contributed by atoms with Crippen LogP contribution in [0.1, 0.15) is 17.5 Å². The van der Waals surface area contributed by atoms with Crippen molar-refractivity contribution in [2.45, 2.75) is 19.8 Å². The van der Waals surface area contributed by atoms with Crippen molar-refractivity contribution in [3.8, 4) is 5.75 Å². The van der Waals surface area contributed by atoms with Crippen LogP contribution in [0.5, 0.6) is 5.75 Å². The van der Waals surface area contributed by atoms with Crippen molar-refractivity contribution in [3.05, 3.63) is 66.1 Å². The Morgan fingerprint density at radius 2 is 1.73 bits per heavy atom. The molecule has 1 aromatic carbocycles. The Balaban J connectivity index is 1.38. The Morgan fingerprint density at radius 3 is 2.50 bits per heavy atom. The van der Waals surface area contributed by atoms with Crippen LogP contribution in [0.25, 0.3) is 0 Å². The standard InChI is InChI=1S/C22H26N6O2/c1-16-9-10-23-20(13-16)28-21-14-19(26-15-27-21)24-11-12-25-22(29)8-5-17-3-6-18(30-2)7-4-17/h3-4,6-7,9-10,13-15H,5,8,11-12H2,1-2H3,(H,25,29)(H2,23,24,26,27,28). The normalized spacial score (nSPS) is 10.3. The second kappa shape index (κ2) is 10.8. The molecular weight excluding hydrogens is 380 g/mol. The summed E-state index contributed by atoms with van der Waals surface area (Å²) in [7, 11) is 1.64. The van der Waals surface area contributed by atoms with Gasteiger partial charge in [-0.05, 0) is 48.7 Å². The minimum absolute atomic E-state index is 0.0168.